The van der Waals surface area contributed by atoms with Gasteiger partial charge >= 0.3 is 0 Å². The van der Waals surface area contributed by atoms with Crippen molar-refractivity contribution in [2.45, 2.75) is 6.61 Å². The molecule has 0 aliphatic carbocycles. The van der Waals surface area contributed by atoms with Crippen molar-refractivity contribution in [3.8, 4) is 17.4 Å². The zero-order chi connectivity index (χ0) is 16.8. The highest BCUT2D eigenvalue weighted by Gasteiger charge is 2.05. The molecule has 3 aromatic rings. The number of hydrogen-bond acceptors (Lipinski definition) is 4. The highest BCUT2D eigenvalue weighted by atomic mass is 16.5. The maximum absolute atomic E-state index is 5.75. The highest BCUT2D eigenvalue weighted by molar-refractivity contribution is 5.50. The van der Waals surface area contributed by atoms with Crippen LogP contribution in [0.3, 0.4) is 0 Å². The fourth-order valence-electron chi connectivity index (χ4n) is 2.15. The molecule has 24 heavy (non-hydrogen) atoms. The molecule has 4 nitrogen and oxygen atoms in total. The highest BCUT2D eigenvalue weighted by Crippen LogP contribution is 2.15. The van der Waals surface area contributed by atoms with E-state index < -0.39 is 0 Å². The molecule has 0 bridgehead atoms. The Morgan fingerprint density at radius 3 is 2.62 bits per heavy atom. The molecule has 4 heteroatoms. The van der Waals surface area contributed by atoms with Crippen LogP contribution >= 0.6 is 0 Å². The SMILES string of the molecule is C=C/C=c1/nc(-c2cccc(OCc3ccccc3)n2)ncc1=C. The molecule has 0 radical (unpaired) electrons. The maximum atomic E-state index is 5.75. The van der Waals surface area contributed by atoms with Gasteiger partial charge in [0.05, 0.1) is 5.35 Å². The van der Waals surface area contributed by atoms with Gasteiger partial charge in [0.15, 0.2) is 5.82 Å². The predicted molar refractivity (Wildman–Crippen MR) is 95.5 cm³/mol. The van der Waals surface area contributed by atoms with E-state index in [1.165, 1.54) is 0 Å². The molecule has 0 amide bonds. The van der Waals surface area contributed by atoms with E-state index in [0.717, 1.165) is 16.1 Å². The third kappa shape index (κ3) is 3.73. The molecule has 2 aromatic heterocycles. The summed E-state index contributed by atoms with van der Waals surface area (Å²) in [5, 5.41) is 1.47. The summed E-state index contributed by atoms with van der Waals surface area (Å²) in [4.78, 5) is 13.3. The van der Waals surface area contributed by atoms with Crippen molar-refractivity contribution in [3.63, 3.8) is 0 Å². The van der Waals surface area contributed by atoms with Crippen molar-refractivity contribution in [2.24, 2.45) is 0 Å². The van der Waals surface area contributed by atoms with Crippen LogP contribution in [-0.4, -0.2) is 15.0 Å². The molecular weight excluding hydrogens is 298 g/mol. The lowest BCUT2D eigenvalue weighted by Gasteiger charge is -2.06. The summed E-state index contributed by atoms with van der Waals surface area (Å²) in [5.74, 6) is 1.06. The van der Waals surface area contributed by atoms with Crippen LogP contribution in [0.25, 0.3) is 24.2 Å². The Morgan fingerprint density at radius 2 is 1.83 bits per heavy atom. The van der Waals surface area contributed by atoms with Crippen molar-refractivity contribution >= 4 is 12.7 Å². The Morgan fingerprint density at radius 1 is 1.00 bits per heavy atom. The molecule has 118 valence electrons. The van der Waals surface area contributed by atoms with Crippen LogP contribution in [0, 0.1) is 0 Å². The van der Waals surface area contributed by atoms with Gasteiger partial charge in [0, 0.05) is 17.5 Å². The van der Waals surface area contributed by atoms with E-state index in [1.807, 2.05) is 48.5 Å². The number of benzene rings is 1. The quantitative estimate of drug-likeness (QED) is 0.726. The largest absolute Gasteiger partial charge is 0.473 e. The summed E-state index contributed by atoms with van der Waals surface area (Å²) < 4.78 is 5.75. The second kappa shape index (κ2) is 7.33. The molecule has 1 aromatic carbocycles. The number of ether oxygens (including phenoxy) is 1. The first-order valence-electron chi connectivity index (χ1n) is 7.55. The molecule has 0 saturated heterocycles. The monoisotopic (exact) mass is 315 g/mol. The number of aromatic nitrogens is 3. The minimum Gasteiger partial charge on any atom is -0.473 e. The van der Waals surface area contributed by atoms with E-state index in [1.54, 1.807) is 18.3 Å². The molecule has 0 fully saturated rings. The molecular formula is C20H17N3O. The van der Waals surface area contributed by atoms with Crippen LogP contribution in [0.4, 0.5) is 0 Å². The maximum Gasteiger partial charge on any atom is 0.214 e. The van der Waals surface area contributed by atoms with Crippen molar-refractivity contribution < 1.29 is 4.74 Å². The summed E-state index contributed by atoms with van der Waals surface area (Å²) in [7, 11) is 0. The summed E-state index contributed by atoms with van der Waals surface area (Å²) in [5.41, 5.74) is 1.74. The number of rotatable bonds is 5. The lowest BCUT2D eigenvalue weighted by atomic mass is 10.2. The number of hydrogen-bond donors (Lipinski definition) is 0. The third-order valence-electron chi connectivity index (χ3n) is 3.36. The molecule has 0 saturated carbocycles. The third-order valence-corrected chi connectivity index (χ3v) is 3.36. The molecule has 0 N–H and O–H groups in total. The summed E-state index contributed by atoms with van der Waals surface area (Å²) in [6.07, 6.45) is 5.15. The van der Waals surface area contributed by atoms with E-state index in [0.29, 0.717) is 24.0 Å². The Bertz CT molecular complexity index is 952. The van der Waals surface area contributed by atoms with Crippen LogP contribution in [0.1, 0.15) is 5.56 Å². The van der Waals surface area contributed by atoms with Crippen LogP contribution in [0.15, 0.2) is 67.4 Å². The first-order valence-corrected chi connectivity index (χ1v) is 7.55. The lowest BCUT2D eigenvalue weighted by Crippen LogP contribution is -2.28. The zero-order valence-corrected chi connectivity index (χ0v) is 13.2. The fraction of sp³-hybridized carbons (Fsp3) is 0.0500. The Balaban J connectivity index is 1.85. The van der Waals surface area contributed by atoms with Gasteiger partial charge in [-0.3, -0.25) is 0 Å². The van der Waals surface area contributed by atoms with E-state index >= 15 is 0 Å². The average molecular weight is 315 g/mol. The van der Waals surface area contributed by atoms with Crippen LogP contribution in [0.2, 0.25) is 0 Å². The normalized spacial score (nSPS) is 11.2. The van der Waals surface area contributed by atoms with Crippen molar-refractivity contribution in [3.05, 3.63) is 83.5 Å². The van der Waals surface area contributed by atoms with Crippen LogP contribution < -0.4 is 15.3 Å². The smallest absolute Gasteiger partial charge is 0.214 e. The van der Waals surface area contributed by atoms with Gasteiger partial charge in [-0.25, -0.2) is 15.0 Å². The molecule has 0 aliphatic heterocycles. The Hall–Kier alpha value is -3.27. The molecule has 0 atom stereocenters. The van der Waals surface area contributed by atoms with Crippen molar-refractivity contribution in [1.29, 1.82) is 0 Å². The second-order valence-electron chi connectivity index (χ2n) is 5.14. The lowest BCUT2D eigenvalue weighted by molar-refractivity contribution is 0.294. The van der Waals surface area contributed by atoms with Crippen molar-refractivity contribution in [2.75, 3.05) is 0 Å². The van der Waals surface area contributed by atoms with Gasteiger partial charge in [-0.15, -0.1) is 0 Å². The second-order valence-corrected chi connectivity index (χ2v) is 5.14. The van der Waals surface area contributed by atoms with Gasteiger partial charge in [-0.2, -0.15) is 0 Å². The minimum atomic E-state index is 0.464. The minimum absolute atomic E-state index is 0.464. The Labute approximate surface area is 140 Å². The first-order chi connectivity index (χ1) is 11.8. The van der Waals surface area contributed by atoms with Crippen molar-refractivity contribution in [1.82, 2.24) is 15.0 Å². The van der Waals surface area contributed by atoms with Gasteiger partial charge in [-0.1, -0.05) is 55.6 Å². The van der Waals surface area contributed by atoms with Gasteiger partial charge in [0.2, 0.25) is 5.88 Å². The van der Waals surface area contributed by atoms with Gasteiger partial charge in [0.25, 0.3) is 0 Å². The average Bonchev–Trinajstić information content (AvgIpc) is 2.63. The summed E-state index contributed by atoms with van der Waals surface area (Å²) in [6, 6.07) is 15.5. The van der Waals surface area contributed by atoms with E-state index in [2.05, 4.69) is 28.1 Å². The Kier molecular flexibility index (Phi) is 4.77. The number of nitrogens with zero attached hydrogens (tertiary/aromatic N) is 3. The number of allylic oxidation sites excluding steroid dienone is 1. The van der Waals surface area contributed by atoms with Crippen LogP contribution in [-0.2, 0) is 6.61 Å². The predicted octanol–water partition coefficient (Wildman–Crippen LogP) is 2.49. The van der Waals surface area contributed by atoms with Gasteiger partial charge < -0.3 is 4.74 Å². The van der Waals surface area contributed by atoms with E-state index in [9.17, 15) is 0 Å². The molecule has 0 unspecified atom stereocenters. The molecule has 3 rings (SSSR count). The standard InChI is InChI=1S/C20H17N3O/c1-3-8-17-15(2)13-21-20(23-17)18-11-7-12-19(22-18)24-14-16-9-5-4-6-10-16/h3-13H,1-2,14H2/b17-8+. The topological polar surface area (TPSA) is 47.9 Å². The van der Waals surface area contributed by atoms with Crippen LogP contribution in [0.5, 0.6) is 5.88 Å². The molecule has 0 aliphatic rings. The first kappa shape index (κ1) is 15.6. The number of pyridine rings is 1. The summed E-state index contributed by atoms with van der Waals surface area (Å²) >= 11 is 0. The van der Waals surface area contributed by atoms with Gasteiger partial charge in [-0.05, 0) is 17.7 Å². The van der Waals surface area contributed by atoms with Gasteiger partial charge in [0.1, 0.15) is 12.3 Å². The van der Waals surface area contributed by atoms with E-state index in [4.69, 9.17) is 4.74 Å². The molecule has 2 heterocycles. The molecule has 0 spiro atoms. The summed E-state index contributed by atoms with van der Waals surface area (Å²) in [6.45, 7) is 8.06. The fourth-order valence-corrected chi connectivity index (χ4v) is 2.15. The van der Waals surface area contributed by atoms with E-state index in [-0.39, 0.29) is 0 Å². The zero-order valence-electron chi connectivity index (χ0n) is 13.2.